The van der Waals surface area contributed by atoms with E-state index in [1.807, 2.05) is 20.8 Å². The highest BCUT2D eigenvalue weighted by Gasteiger charge is 2.18. The van der Waals surface area contributed by atoms with Gasteiger partial charge in [0.25, 0.3) is 0 Å². The van der Waals surface area contributed by atoms with Crippen LogP contribution in [0.3, 0.4) is 0 Å². The van der Waals surface area contributed by atoms with Gasteiger partial charge in [0.05, 0.1) is 23.9 Å². The van der Waals surface area contributed by atoms with Crippen molar-refractivity contribution >= 4 is 28.4 Å². The van der Waals surface area contributed by atoms with Crippen LogP contribution in [-0.4, -0.2) is 44.8 Å². The summed E-state index contributed by atoms with van der Waals surface area (Å²) in [6, 6.07) is 0. The Labute approximate surface area is 141 Å². The smallest absolute Gasteiger partial charge is 0.341 e. The molecule has 8 nitrogen and oxygen atoms in total. The molecule has 0 aliphatic carbocycles. The van der Waals surface area contributed by atoms with Crippen LogP contribution in [0.15, 0.2) is 17.5 Å². The number of aryl methyl sites for hydroxylation is 1. The number of aliphatic hydroxyl groups excluding tert-OH is 1. The van der Waals surface area contributed by atoms with Crippen molar-refractivity contribution in [3.8, 4) is 0 Å². The second-order valence-electron chi connectivity index (χ2n) is 4.95. The molecule has 2 aromatic heterocycles. The summed E-state index contributed by atoms with van der Waals surface area (Å²) < 4.78 is 6.82. The van der Waals surface area contributed by atoms with E-state index in [0.29, 0.717) is 30.0 Å². The summed E-state index contributed by atoms with van der Waals surface area (Å²) in [6.07, 6.45) is 3.18. The molecule has 2 rings (SSSR count). The number of pyridine rings is 1. The van der Waals surface area contributed by atoms with E-state index in [0.717, 1.165) is 11.1 Å². The van der Waals surface area contributed by atoms with Crippen molar-refractivity contribution in [2.45, 2.75) is 41.2 Å². The van der Waals surface area contributed by atoms with E-state index in [2.05, 4.69) is 20.6 Å². The fourth-order valence-corrected chi connectivity index (χ4v) is 1.91. The molecule has 24 heavy (non-hydrogen) atoms. The van der Waals surface area contributed by atoms with Gasteiger partial charge in [-0.3, -0.25) is 5.43 Å². The van der Waals surface area contributed by atoms with Crippen molar-refractivity contribution in [1.29, 1.82) is 0 Å². The second kappa shape index (κ2) is 9.61. The Kier molecular flexibility index (Phi) is 7.84. The lowest BCUT2D eigenvalue weighted by Crippen LogP contribution is -2.10. The predicted octanol–water partition coefficient (Wildman–Crippen LogP) is 2.43. The molecule has 0 amide bonds. The number of hydrazone groups is 1. The minimum absolute atomic E-state index is 0.250. The van der Waals surface area contributed by atoms with E-state index in [1.165, 1.54) is 6.20 Å². The normalized spacial score (nSPS) is 9.92. The Bertz CT molecular complexity index is 705. The second-order valence-corrected chi connectivity index (χ2v) is 4.95. The van der Waals surface area contributed by atoms with Crippen molar-refractivity contribution in [3.05, 3.63) is 18.0 Å². The van der Waals surface area contributed by atoms with Gasteiger partial charge in [0.15, 0.2) is 5.65 Å². The molecular weight excluding hydrogens is 310 g/mol. The van der Waals surface area contributed by atoms with Crippen LogP contribution in [0.2, 0.25) is 0 Å². The van der Waals surface area contributed by atoms with Gasteiger partial charge in [0.1, 0.15) is 5.56 Å². The molecule has 0 radical (unpaired) electrons. The topological polar surface area (TPSA) is 102 Å². The van der Waals surface area contributed by atoms with Crippen molar-refractivity contribution < 1.29 is 14.6 Å². The number of aliphatic hydroxyl groups is 1. The number of carbonyl (C=O) groups is 1. The van der Waals surface area contributed by atoms with Gasteiger partial charge in [-0.2, -0.15) is 10.2 Å². The highest BCUT2D eigenvalue weighted by molar-refractivity contribution is 6.04. The molecule has 132 valence electrons. The zero-order valence-corrected chi connectivity index (χ0v) is 14.8. The average Bonchev–Trinajstić information content (AvgIpc) is 2.96. The van der Waals surface area contributed by atoms with Crippen LogP contribution in [0.1, 0.15) is 45.0 Å². The lowest BCUT2D eigenvalue weighted by atomic mass is 10.2. The first kappa shape index (κ1) is 19.6. The van der Waals surface area contributed by atoms with E-state index >= 15 is 0 Å². The number of hydrogen-bond acceptors (Lipinski definition) is 7. The third-order valence-corrected chi connectivity index (χ3v) is 2.85. The molecule has 0 spiro atoms. The number of anilines is 1. The number of rotatable bonds is 5. The number of fused-ring (bicyclic) bond motifs is 1. The molecule has 8 heteroatoms. The molecule has 0 bridgehead atoms. The molecule has 0 aliphatic heterocycles. The summed E-state index contributed by atoms with van der Waals surface area (Å²) >= 11 is 0. The molecule has 0 unspecified atom stereocenters. The monoisotopic (exact) mass is 335 g/mol. The standard InChI is InChI=1S/C14H19N5O2.C2H6O/c1-5-19-13-10(8-16-19)12(18-17-9(3)4)11(7-15-13)14(20)21-6-2;1-2-3/h7-8H,5-6H2,1-4H3,(H,15,18);3H,2H2,1H3. The van der Waals surface area contributed by atoms with Crippen LogP contribution >= 0.6 is 0 Å². The van der Waals surface area contributed by atoms with Crippen LogP contribution in [0.25, 0.3) is 11.0 Å². The number of ether oxygens (including phenoxy) is 1. The van der Waals surface area contributed by atoms with E-state index in [9.17, 15) is 4.79 Å². The zero-order chi connectivity index (χ0) is 18.1. The van der Waals surface area contributed by atoms with E-state index < -0.39 is 5.97 Å². The number of aromatic nitrogens is 3. The van der Waals surface area contributed by atoms with Crippen molar-refractivity contribution in [1.82, 2.24) is 14.8 Å². The Balaban J connectivity index is 0.000000891. The number of nitrogens with zero attached hydrogens (tertiary/aromatic N) is 4. The molecule has 2 heterocycles. The summed E-state index contributed by atoms with van der Waals surface area (Å²) in [5.41, 5.74) is 5.40. The number of nitrogens with one attached hydrogen (secondary N) is 1. The van der Waals surface area contributed by atoms with Gasteiger partial charge in [0.2, 0.25) is 0 Å². The summed E-state index contributed by atoms with van der Waals surface area (Å²) in [5, 5.41) is 16.8. The third kappa shape index (κ3) is 4.76. The highest BCUT2D eigenvalue weighted by Crippen LogP contribution is 2.26. The third-order valence-electron chi connectivity index (χ3n) is 2.85. The van der Waals surface area contributed by atoms with Crippen LogP contribution < -0.4 is 5.43 Å². The van der Waals surface area contributed by atoms with Crippen LogP contribution in [0, 0.1) is 0 Å². The fourth-order valence-electron chi connectivity index (χ4n) is 1.91. The molecule has 0 saturated carbocycles. The Hall–Kier alpha value is -2.48. The van der Waals surface area contributed by atoms with Crippen LogP contribution in [0.5, 0.6) is 0 Å². The quantitative estimate of drug-likeness (QED) is 0.494. The van der Waals surface area contributed by atoms with Crippen molar-refractivity contribution in [3.63, 3.8) is 0 Å². The van der Waals surface area contributed by atoms with Gasteiger partial charge in [-0.15, -0.1) is 0 Å². The van der Waals surface area contributed by atoms with E-state index in [4.69, 9.17) is 9.84 Å². The summed E-state index contributed by atoms with van der Waals surface area (Å²) in [7, 11) is 0. The maximum atomic E-state index is 12.1. The molecule has 2 N–H and O–H groups in total. The molecule has 0 saturated heterocycles. The zero-order valence-electron chi connectivity index (χ0n) is 14.8. The Morgan fingerprint density at radius 1 is 1.33 bits per heavy atom. The van der Waals surface area contributed by atoms with E-state index in [1.54, 1.807) is 24.7 Å². The minimum Gasteiger partial charge on any atom is -0.462 e. The van der Waals surface area contributed by atoms with Crippen LogP contribution in [0.4, 0.5) is 5.69 Å². The largest absolute Gasteiger partial charge is 0.462 e. The summed E-state index contributed by atoms with van der Waals surface area (Å²) in [4.78, 5) is 16.4. The Morgan fingerprint density at radius 3 is 2.54 bits per heavy atom. The number of hydrogen-bond donors (Lipinski definition) is 2. The van der Waals surface area contributed by atoms with Gasteiger partial charge >= 0.3 is 5.97 Å². The maximum absolute atomic E-state index is 12.1. The first-order valence-electron chi connectivity index (χ1n) is 7.89. The van der Waals surface area contributed by atoms with Crippen molar-refractivity contribution in [2.24, 2.45) is 5.10 Å². The molecule has 0 aliphatic rings. The Morgan fingerprint density at radius 2 is 2.00 bits per heavy atom. The van der Waals surface area contributed by atoms with Gasteiger partial charge in [0, 0.05) is 25.1 Å². The average molecular weight is 335 g/mol. The SMILES string of the molecule is CCO.CCOC(=O)c1cnc2c(cnn2CC)c1NN=C(C)C. The summed E-state index contributed by atoms with van der Waals surface area (Å²) in [6.45, 7) is 10.4. The number of esters is 1. The lowest BCUT2D eigenvalue weighted by molar-refractivity contribution is 0.0527. The van der Waals surface area contributed by atoms with Crippen molar-refractivity contribution in [2.75, 3.05) is 18.6 Å². The van der Waals surface area contributed by atoms with Gasteiger partial charge in [-0.25, -0.2) is 14.5 Å². The fraction of sp³-hybridized carbons (Fsp3) is 0.500. The van der Waals surface area contributed by atoms with Gasteiger partial charge in [-0.05, 0) is 34.6 Å². The lowest BCUT2D eigenvalue weighted by Gasteiger charge is -2.09. The number of carbonyl (C=O) groups excluding carboxylic acids is 1. The molecule has 0 fully saturated rings. The molecular formula is C16H25N5O3. The maximum Gasteiger partial charge on any atom is 0.341 e. The predicted molar refractivity (Wildman–Crippen MR) is 94.3 cm³/mol. The molecule has 0 aromatic carbocycles. The van der Waals surface area contributed by atoms with Gasteiger partial charge < -0.3 is 9.84 Å². The van der Waals surface area contributed by atoms with E-state index in [-0.39, 0.29) is 6.61 Å². The summed E-state index contributed by atoms with van der Waals surface area (Å²) in [5.74, 6) is -0.428. The van der Waals surface area contributed by atoms with Gasteiger partial charge in [-0.1, -0.05) is 0 Å². The first-order chi connectivity index (χ1) is 11.5. The minimum atomic E-state index is -0.428. The highest BCUT2D eigenvalue weighted by atomic mass is 16.5. The molecule has 0 atom stereocenters. The molecule has 2 aromatic rings. The first-order valence-corrected chi connectivity index (χ1v) is 7.89. The van der Waals surface area contributed by atoms with Crippen LogP contribution in [-0.2, 0) is 11.3 Å².